The molecule has 1 heterocycles. The van der Waals surface area contributed by atoms with E-state index in [9.17, 15) is 9.59 Å². The number of hydrogen-bond acceptors (Lipinski definition) is 5. The maximum Gasteiger partial charge on any atom is 0.234 e. The lowest BCUT2D eigenvalue weighted by atomic mass is 10.1. The summed E-state index contributed by atoms with van der Waals surface area (Å²) in [4.78, 5) is 28.1. The molecule has 0 radical (unpaired) electrons. The molecule has 1 atom stereocenters. The van der Waals surface area contributed by atoms with E-state index in [0.717, 1.165) is 22.5 Å². The van der Waals surface area contributed by atoms with Gasteiger partial charge in [0.05, 0.1) is 23.2 Å². The van der Waals surface area contributed by atoms with Gasteiger partial charge in [0.15, 0.2) is 0 Å². The number of hydrogen-bond donors (Lipinski definition) is 2. The first-order valence-corrected chi connectivity index (χ1v) is 10.4. The molecule has 1 aromatic heterocycles. The second kappa shape index (κ2) is 9.88. The number of nitrogens with one attached hydrogen (secondary N) is 2. The van der Waals surface area contributed by atoms with Crippen LogP contribution >= 0.6 is 11.8 Å². The lowest BCUT2D eigenvalue weighted by molar-refractivity contribution is -0.119. The van der Waals surface area contributed by atoms with Gasteiger partial charge in [-0.15, -0.1) is 11.8 Å². The van der Waals surface area contributed by atoms with Crippen LogP contribution in [0.4, 0.5) is 5.69 Å². The van der Waals surface area contributed by atoms with Gasteiger partial charge in [-0.1, -0.05) is 29.8 Å². The Kier molecular flexibility index (Phi) is 7.02. The first-order valence-electron chi connectivity index (χ1n) is 9.20. The van der Waals surface area contributed by atoms with Crippen LogP contribution in [0.2, 0.25) is 0 Å². The van der Waals surface area contributed by atoms with Crippen LogP contribution in [0.5, 0.6) is 0 Å². The van der Waals surface area contributed by atoms with Crippen LogP contribution in [0.15, 0.2) is 61.2 Å². The lowest BCUT2D eigenvalue weighted by Crippen LogP contribution is -2.28. The highest BCUT2D eigenvalue weighted by Gasteiger charge is 2.11. The van der Waals surface area contributed by atoms with Gasteiger partial charge in [0.1, 0.15) is 12.7 Å². The van der Waals surface area contributed by atoms with E-state index in [2.05, 4.69) is 20.7 Å². The number of thioether (sulfide) groups is 1. The summed E-state index contributed by atoms with van der Waals surface area (Å²) in [7, 11) is 0. The zero-order chi connectivity index (χ0) is 20.6. The van der Waals surface area contributed by atoms with Gasteiger partial charge in [0.25, 0.3) is 0 Å². The Labute approximate surface area is 173 Å². The Morgan fingerprint density at radius 2 is 1.72 bits per heavy atom. The van der Waals surface area contributed by atoms with Crippen LogP contribution in [-0.4, -0.2) is 38.1 Å². The van der Waals surface area contributed by atoms with Crippen molar-refractivity contribution in [1.82, 2.24) is 20.1 Å². The van der Waals surface area contributed by atoms with Crippen molar-refractivity contribution in [3.05, 3.63) is 72.3 Å². The van der Waals surface area contributed by atoms with Crippen molar-refractivity contribution < 1.29 is 9.59 Å². The van der Waals surface area contributed by atoms with E-state index in [-0.39, 0.29) is 29.4 Å². The molecule has 150 valence electrons. The summed E-state index contributed by atoms with van der Waals surface area (Å²) in [5.41, 5.74) is 3.79. The average Bonchev–Trinajstić information content (AvgIpc) is 3.25. The molecule has 3 aromatic rings. The largest absolute Gasteiger partial charge is 0.349 e. The van der Waals surface area contributed by atoms with Gasteiger partial charge in [-0.3, -0.25) is 9.59 Å². The Hall–Kier alpha value is -3.13. The SMILES string of the molecule is Cc1ccc(NC(=O)CSCC(=O)NC(C)c2ccc(-n3cncn3)cc2)cc1. The summed E-state index contributed by atoms with van der Waals surface area (Å²) in [5.74, 6) is 0.222. The van der Waals surface area contributed by atoms with Gasteiger partial charge in [0, 0.05) is 5.69 Å². The Morgan fingerprint density at radius 3 is 2.38 bits per heavy atom. The molecule has 0 aliphatic heterocycles. The highest BCUT2D eigenvalue weighted by molar-refractivity contribution is 8.00. The minimum absolute atomic E-state index is 0.106. The number of amides is 2. The van der Waals surface area contributed by atoms with E-state index in [4.69, 9.17) is 0 Å². The Balaban J connectivity index is 1.40. The molecule has 3 rings (SSSR count). The van der Waals surface area contributed by atoms with Crippen molar-refractivity contribution in [1.29, 1.82) is 0 Å². The highest BCUT2D eigenvalue weighted by atomic mass is 32.2. The van der Waals surface area contributed by atoms with Crippen molar-refractivity contribution in [3.8, 4) is 5.69 Å². The zero-order valence-electron chi connectivity index (χ0n) is 16.3. The topological polar surface area (TPSA) is 88.9 Å². The molecular formula is C21H23N5O2S. The Bertz CT molecular complexity index is 940. The predicted octanol–water partition coefficient (Wildman–Crippen LogP) is 3.12. The molecule has 7 nitrogen and oxygen atoms in total. The van der Waals surface area contributed by atoms with Gasteiger partial charge in [-0.25, -0.2) is 9.67 Å². The number of nitrogens with zero attached hydrogens (tertiary/aromatic N) is 3. The zero-order valence-corrected chi connectivity index (χ0v) is 17.1. The number of aromatic nitrogens is 3. The van der Waals surface area contributed by atoms with E-state index >= 15 is 0 Å². The lowest BCUT2D eigenvalue weighted by Gasteiger charge is -2.15. The number of carbonyl (C=O) groups excluding carboxylic acids is 2. The summed E-state index contributed by atoms with van der Waals surface area (Å²) in [6.45, 7) is 3.92. The number of aryl methyl sites for hydroxylation is 1. The van der Waals surface area contributed by atoms with Crippen molar-refractivity contribution >= 4 is 29.3 Å². The molecule has 0 spiro atoms. The van der Waals surface area contributed by atoms with Gasteiger partial charge < -0.3 is 10.6 Å². The fourth-order valence-electron chi connectivity index (χ4n) is 2.69. The van der Waals surface area contributed by atoms with Gasteiger partial charge in [0.2, 0.25) is 11.8 Å². The normalized spacial score (nSPS) is 11.7. The molecule has 0 aliphatic carbocycles. The summed E-state index contributed by atoms with van der Waals surface area (Å²) in [6, 6.07) is 15.2. The van der Waals surface area contributed by atoms with Crippen LogP contribution in [0.1, 0.15) is 24.1 Å². The average molecular weight is 410 g/mol. The van der Waals surface area contributed by atoms with Crippen LogP contribution in [0.25, 0.3) is 5.69 Å². The molecule has 2 aromatic carbocycles. The smallest absolute Gasteiger partial charge is 0.234 e. The van der Waals surface area contributed by atoms with Crippen LogP contribution in [0, 0.1) is 6.92 Å². The van der Waals surface area contributed by atoms with Crippen molar-refractivity contribution in [2.75, 3.05) is 16.8 Å². The second-order valence-corrected chi connectivity index (χ2v) is 7.61. The summed E-state index contributed by atoms with van der Waals surface area (Å²) in [6.07, 6.45) is 3.11. The molecule has 0 bridgehead atoms. The third kappa shape index (κ3) is 6.18. The molecule has 0 aliphatic rings. The predicted molar refractivity (Wildman–Crippen MR) is 115 cm³/mol. The Morgan fingerprint density at radius 1 is 1.03 bits per heavy atom. The minimum Gasteiger partial charge on any atom is -0.349 e. The van der Waals surface area contributed by atoms with E-state index < -0.39 is 0 Å². The molecule has 29 heavy (non-hydrogen) atoms. The van der Waals surface area contributed by atoms with Crippen LogP contribution < -0.4 is 10.6 Å². The summed E-state index contributed by atoms with van der Waals surface area (Å²) < 4.78 is 1.67. The van der Waals surface area contributed by atoms with Gasteiger partial charge in [-0.05, 0) is 43.7 Å². The quantitative estimate of drug-likeness (QED) is 0.597. The van der Waals surface area contributed by atoms with E-state index in [1.165, 1.54) is 18.1 Å². The molecular weight excluding hydrogens is 386 g/mol. The first-order chi connectivity index (χ1) is 14.0. The standard InChI is InChI=1S/C21H23N5O2S/c1-15-3-7-18(8-4-15)25-21(28)12-29-11-20(27)24-16(2)17-5-9-19(10-6-17)26-14-22-13-23-26/h3-10,13-14,16H,11-12H2,1-2H3,(H,24,27)(H,25,28). The molecule has 0 saturated heterocycles. The highest BCUT2D eigenvalue weighted by Crippen LogP contribution is 2.16. The molecule has 0 fully saturated rings. The van der Waals surface area contributed by atoms with E-state index in [1.54, 1.807) is 11.0 Å². The molecule has 2 amide bonds. The molecule has 1 unspecified atom stereocenters. The van der Waals surface area contributed by atoms with E-state index in [0.29, 0.717) is 0 Å². The van der Waals surface area contributed by atoms with Crippen molar-refractivity contribution in [3.63, 3.8) is 0 Å². The molecule has 8 heteroatoms. The van der Waals surface area contributed by atoms with Gasteiger partial charge in [-0.2, -0.15) is 5.10 Å². The second-order valence-electron chi connectivity index (χ2n) is 6.63. The number of rotatable bonds is 8. The van der Waals surface area contributed by atoms with Gasteiger partial charge >= 0.3 is 0 Å². The fraction of sp³-hybridized carbons (Fsp3) is 0.238. The number of anilines is 1. The summed E-state index contributed by atoms with van der Waals surface area (Å²) >= 11 is 1.29. The fourth-order valence-corrected chi connectivity index (χ4v) is 3.32. The molecule has 0 saturated carbocycles. The number of benzene rings is 2. The van der Waals surface area contributed by atoms with Crippen LogP contribution in [-0.2, 0) is 9.59 Å². The monoisotopic (exact) mass is 409 g/mol. The number of carbonyl (C=O) groups is 2. The van der Waals surface area contributed by atoms with Crippen molar-refractivity contribution in [2.45, 2.75) is 19.9 Å². The third-order valence-electron chi connectivity index (χ3n) is 4.26. The third-order valence-corrected chi connectivity index (χ3v) is 5.19. The summed E-state index contributed by atoms with van der Waals surface area (Å²) in [5, 5.41) is 9.86. The maximum atomic E-state index is 12.2. The minimum atomic E-state index is -0.130. The van der Waals surface area contributed by atoms with Crippen molar-refractivity contribution in [2.24, 2.45) is 0 Å². The first kappa shape index (κ1) is 20.6. The molecule has 2 N–H and O–H groups in total. The maximum absolute atomic E-state index is 12.2. The van der Waals surface area contributed by atoms with E-state index in [1.807, 2.05) is 62.4 Å². The van der Waals surface area contributed by atoms with Crippen LogP contribution in [0.3, 0.4) is 0 Å².